The Bertz CT molecular complexity index is 868. The highest BCUT2D eigenvalue weighted by molar-refractivity contribution is 6.31. The summed E-state index contributed by atoms with van der Waals surface area (Å²) in [5.74, 6) is -0.179. The first kappa shape index (κ1) is 22.1. The molecule has 0 radical (unpaired) electrons. The summed E-state index contributed by atoms with van der Waals surface area (Å²) in [4.78, 5) is 26.5. The van der Waals surface area contributed by atoms with Crippen LogP contribution in [0.1, 0.15) is 48.4 Å². The number of urea groups is 1. The van der Waals surface area contributed by atoms with E-state index in [1.807, 2.05) is 24.3 Å². The van der Waals surface area contributed by atoms with Gasteiger partial charge in [-0.3, -0.25) is 9.69 Å². The Hall–Kier alpha value is -2.57. The summed E-state index contributed by atoms with van der Waals surface area (Å²) >= 11 is 6.24. The van der Waals surface area contributed by atoms with Crippen molar-refractivity contribution in [1.29, 1.82) is 0 Å². The molecule has 2 aromatic rings. The maximum Gasteiger partial charge on any atom is 0.312 e. The molecule has 3 rings (SSSR count). The molecular weight excluding hydrogens is 400 g/mol. The Morgan fingerprint density at radius 1 is 1.00 bits per heavy atom. The third-order valence-corrected chi connectivity index (χ3v) is 5.77. The van der Waals surface area contributed by atoms with E-state index in [1.165, 1.54) is 24.8 Å². The summed E-state index contributed by atoms with van der Waals surface area (Å²) in [5.41, 5.74) is 8.31. The van der Waals surface area contributed by atoms with Crippen LogP contribution in [-0.4, -0.2) is 29.9 Å². The van der Waals surface area contributed by atoms with Crippen LogP contribution in [-0.2, 0) is 17.9 Å². The molecule has 6 nitrogen and oxygen atoms in total. The average molecular weight is 429 g/mol. The third kappa shape index (κ3) is 6.47. The van der Waals surface area contributed by atoms with Crippen LogP contribution in [0.15, 0.2) is 48.5 Å². The number of amides is 3. The van der Waals surface area contributed by atoms with E-state index in [4.69, 9.17) is 17.3 Å². The van der Waals surface area contributed by atoms with E-state index in [-0.39, 0.29) is 12.3 Å². The van der Waals surface area contributed by atoms with Crippen molar-refractivity contribution in [2.75, 3.05) is 13.1 Å². The molecule has 160 valence electrons. The number of primary amides is 1. The average Bonchev–Trinajstić information content (AvgIpc) is 2.73. The van der Waals surface area contributed by atoms with Crippen molar-refractivity contribution in [3.05, 3.63) is 70.2 Å². The summed E-state index contributed by atoms with van der Waals surface area (Å²) in [6, 6.07) is 14.0. The van der Waals surface area contributed by atoms with Crippen molar-refractivity contribution in [2.24, 2.45) is 5.73 Å². The molecule has 2 aromatic carbocycles. The maximum atomic E-state index is 12.6. The molecule has 0 aromatic heterocycles. The second-order valence-corrected chi connectivity index (χ2v) is 8.08. The van der Waals surface area contributed by atoms with Crippen LogP contribution in [0.3, 0.4) is 0 Å². The molecule has 1 fully saturated rings. The number of piperidine rings is 1. The van der Waals surface area contributed by atoms with Gasteiger partial charge < -0.3 is 16.4 Å². The number of carbonyl (C=O) groups excluding carboxylic acids is 2. The van der Waals surface area contributed by atoms with Crippen LogP contribution in [0.5, 0.6) is 0 Å². The van der Waals surface area contributed by atoms with Gasteiger partial charge in [0.15, 0.2) is 0 Å². The largest absolute Gasteiger partial charge is 0.352 e. The predicted octanol–water partition coefficient (Wildman–Crippen LogP) is 3.74. The monoisotopic (exact) mass is 428 g/mol. The smallest absolute Gasteiger partial charge is 0.312 e. The highest BCUT2D eigenvalue weighted by atomic mass is 35.5. The second-order valence-electron chi connectivity index (χ2n) is 7.67. The van der Waals surface area contributed by atoms with Gasteiger partial charge in [0.2, 0.25) is 5.91 Å². The Kier molecular flexibility index (Phi) is 8.11. The summed E-state index contributed by atoms with van der Waals surface area (Å²) in [7, 11) is 0. The Balaban J connectivity index is 1.61. The number of benzene rings is 2. The minimum Gasteiger partial charge on any atom is -0.352 e. The quantitative estimate of drug-likeness (QED) is 0.598. The van der Waals surface area contributed by atoms with E-state index < -0.39 is 12.1 Å². The molecule has 1 unspecified atom stereocenters. The van der Waals surface area contributed by atoms with E-state index in [0.29, 0.717) is 17.1 Å². The van der Waals surface area contributed by atoms with Gasteiger partial charge in [0.05, 0.1) is 12.5 Å². The SMILES string of the molecule is NC(=O)NC(CC(=O)NCc1ccccc1CN1CCCCC1)c1ccccc1Cl. The number of carbonyl (C=O) groups is 2. The molecule has 0 saturated carbocycles. The number of nitrogens with zero attached hydrogens (tertiary/aromatic N) is 1. The van der Waals surface area contributed by atoms with E-state index in [1.54, 1.807) is 18.2 Å². The molecule has 7 heteroatoms. The fourth-order valence-electron chi connectivity index (χ4n) is 3.86. The molecule has 30 heavy (non-hydrogen) atoms. The lowest BCUT2D eigenvalue weighted by molar-refractivity contribution is -0.121. The highest BCUT2D eigenvalue weighted by Crippen LogP contribution is 2.25. The lowest BCUT2D eigenvalue weighted by Gasteiger charge is -2.27. The lowest BCUT2D eigenvalue weighted by atomic mass is 10.0. The van der Waals surface area contributed by atoms with Gasteiger partial charge in [0.25, 0.3) is 0 Å². The van der Waals surface area contributed by atoms with Crippen LogP contribution in [0.25, 0.3) is 0 Å². The minimum atomic E-state index is -0.695. The summed E-state index contributed by atoms with van der Waals surface area (Å²) in [6.45, 7) is 3.59. The fraction of sp³-hybridized carbons (Fsp3) is 0.391. The van der Waals surface area contributed by atoms with Crippen LogP contribution >= 0.6 is 11.6 Å². The van der Waals surface area contributed by atoms with Gasteiger partial charge in [-0.2, -0.15) is 0 Å². The number of nitrogens with one attached hydrogen (secondary N) is 2. The van der Waals surface area contributed by atoms with Gasteiger partial charge in [-0.1, -0.05) is 60.5 Å². The Labute approximate surface area is 182 Å². The third-order valence-electron chi connectivity index (χ3n) is 5.42. The predicted molar refractivity (Wildman–Crippen MR) is 119 cm³/mol. The molecule has 4 N–H and O–H groups in total. The fourth-order valence-corrected chi connectivity index (χ4v) is 4.13. The summed E-state index contributed by atoms with van der Waals surface area (Å²) in [6.07, 6.45) is 3.85. The van der Waals surface area contributed by atoms with Crippen molar-refractivity contribution >= 4 is 23.5 Å². The van der Waals surface area contributed by atoms with Crippen molar-refractivity contribution in [2.45, 2.75) is 44.8 Å². The van der Waals surface area contributed by atoms with E-state index in [0.717, 1.165) is 25.2 Å². The Morgan fingerprint density at radius 2 is 1.67 bits per heavy atom. The van der Waals surface area contributed by atoms with Crippen LogP contribution in [0, 0.1) is 0 Å². The normalized spacial score (nSPS) is 15.4. The molecule has 0 bridgehead atoms. The zero-order chi connectivity index (χ0) is 21.3. The molecule has 3 amide bonds. The highest BCUT2D eigenvalue weighted by Gasteiger charge is 2.20. The number of halogens is 1. The van der Waals surface area contributed by atoms with Gasteiger partial charge in [-0.15, -0.1) is 0 Å². The van der Waals surface area contributed by atoms with E-state index in [2.05, 4.69) is 21.6 Å². The van der Waals surface area contributed by atoms with E-state index >= 15 is 0 Å². The zero-order valence-corrected chi connectivity index (χ0v) is 17.8. The molecule has 1 atom stereocenters. The first-order valence-corrected chi connectivity index (χ1v) is 10.8. The van der Waals surface area contributed by atoms with Crippen LogP contribution < -0.4 is 16.4 Å². The van der Waals surface area contributed by atoms with E-state index in [9.17, 15) is 9.59 Å². The topological polar surface area (TPSA) is 87.5 Å². The molecular formula is C23H29ClN4O2. The van der Waals surface area contributed by atoms with Crippen molar-refractivity contribution in [3.8, 4) is 0 Å². The first-order chi connectivity index (χ1) is 14.5. The molecule has 1 heterocycles. The van der Waals surface area contributed by atoms with Crippen molar-refractivity contribution < 1.29 is 9.59 Å². The summed E-state index contributed by atoms with van der Waals surface area (Å²) in [5, 5.41) is 6.08. The Morgan fingerprint density at radius 3 is 2.37 bits per heavy atom. The van der Waals surface area contributed by atoms with Crippen LogP contribution in [0.4, 0.5) is 4.79 Å². The maximum absolute atomic E-state index is 12.6. The molecule has 1 aliphatic heterocycles. The molecule has 0 aliphatic carbocycles. The summed E-state index contributed by atoms with van der Waals surface area (Å²) < 4.78 is 0. The van der Waals surface area contributed by atoms with Gasteiger partial charge in [0.1, 0.15) is 0 Å². The number of hydrogen-bond acceptors (Lipinski definition) is 3. The number of hydrogen-bond donors (Lipinski definition) is 3. The number of likely N-dealkylation sites (tertiary alicyclic amines) is 1. The molecule has 1 saturated heterocycles. The molecule has 0 spiro atoms. The number of nitrogens with two attached hydrogens (primary N) is 1. The van der Waals surface area contributed by atoms with Gasteiger partial charge in [0, 0.05) is 18.1 Å². The van der Waals surface area contributed by atoms with Gasteiger partial charge in [-0.25, -0.2) is 4.79 Å². The lowest BCUT2D eigenvalue weighted by Crippen LogP contribution is -2.36. The standard InChI is InChI=1S/C23H29ClN4O2/c24-20-11-5-4-10-19(20)21(27-23(25)30)14-22(29)26-15-17-8-2-3-9-18(17)16-28-12-6-1-7-13-28/h2-5,8-11,21H,1,6-7,12-16H2,(H,26,29)(H3,25,27,30). The van der Waals surface area contributed by atoms with Gasteiger partial charge >= 0.3 is 6.03 Å². The van der Waals surface area contributed by atoms with Crippen molar-refractivity contribution in [3.63, 3.8) is 0 Å². The number of rotatable bonds is 8. The molecule has 1 aliphatic rings. The minimum absolute atomic E-state index is 0.0565. The van der Waals surface area contributed by atoms with Gasteiger partial charge in [-0.05, 0) is 48.7 Å². The first-order valence-electron chi connectivity index (χ1n) is 10.4. The van der Waals surface area contributed by atoms with Crippen molar-refractivity contribution in [1.82, 2.24) is 15.5 Å². The van der Waals surface area contributed by atoms with Crippen LogP contribution in [0.2, 0.25) is 5.02 Å². The second kappa shape index (κ2) is 11.0. The zero-order valence-electron chi connectivity index (χ0n) is 17.1.